The minimum Gasteiger partial charge on any atom is -0.353 e. The molecule has 1 fully saturated rings. The van der Waals surface area contributed by atoms with Crippen LogP contribution >= 0.6 is 11.6 Å². The number of Topliss-reactive ketones (excluding diaryl/α,β-unsaturated/α-hetero) is 1. The molecule has 9 heteroatoms. The lowest BCUT2D eigenvalue weighted by atomic mass is 10.0. The number of ketones is 1. The molecule has 168 valence electrons. The Morgan fingerprint density at radius 2 is 1.79 bits per heavy atom. The smallest absolute Gasteiger partial charge is 0.170 e. The maximum Gasteiger partial charge on any atom is 0.170 e. The van der Waals surface area contributed by atoms with E-state index in [0.717, 1.165) is 48.2 Å². The quantitative estimate of drug-likeness (QED) is 0.422. The summed E-state index contributed by atoms with van der Waals surface area (Å²) in [6, 6.07) is 5.62. The fourth-order valence-corrected chi connectivity index (χ4v) is 4.37. The summed E-state index contributed by atoms with van der Waals surface area (Å²) < 4.78 is 1.74. The molecule has 1 aliphatic rings. The van der Waals surface area contributed by atoms with Gasteiger partial charge in [-0.1, -0.05) is 11.6 Å². The van der Waals surface area contributed by atoms with Crippen LogP contribution in [0, 0.1) is 0 Å². The minimum absolute atomic E-state index is 0.0776. The monoisotopic (exact) mass is 461 g/mol. The molecule has 4 aromatic rings. The van der Waals surface area contributed by atoms with E-state index in [2.05, 4.69) is 36.9 Å². The van der Waals surface area contributed by atoms with E-state index in [1.54, 1.807) is 35.5 Å². The normalized spacial score (nSPS) is 14.7. The van der Waals surface area contributed by atoms with Crippen LogP contribution in [0.2, 0.25) is 5.02 Å². The fraction of sp³-hybridized carbons (Fsp3) is 0.292. The molecule has 8 nitrogen and oxygen atoms in total. The molecule has 0 aromatic carbocycles. The Bertz CT molecular complexity index is 1330. The van der Waals surface area contributed by atoms with Crippen molar-refractivity contribution in [3.8, 4) is 11.3 Å². The van der Waals surface area contributed by atoms with Crippen molar-refractivity contribution in [3.63, 3.8) is 0 Å². The topological polar surface area (TPSA) is 80.0 Å². The van der Waals surface area contributed by atoms with Crippen LogP contribution in [-0.2, 0) is 13.5 Å². The number of aryl methyl sites for hydroxylation is 1. The first-order chi connectivity index (χ1) is 16.0. The van der Waals surface area contributed by atoms with Gasteiger partial charge >= 0.3 is 0 Å². The summed E-state index contributed by atoms with van der Waals surface area (Å²) in [5, 5.41) is 6.51. The van der Waals surface area contributed by atoms with Crippen molar-refractivity contribution >= 4 is 34.0 Å². The first-order valence-electron chi connectivity index (χ1n) is 10.8. The van der Waals surface area contributed by atoms with E-state index in [4.69, 9.17) is 11.6 Å². The molecule has 33 heavy (non-hydrogen) atoms. The molecule has 0 amide bonds. The molecular formula is C24H24ClN7O. The van der Waals surface area contributed by atoms with Crippen molar-refractivity contribution in [2.45, 2.75) is 6.42 Å². The summed E-state index contributed by atoms with van der Waals surface area (Å²) in [5.41, 5.74) is 2.93. The number of rotatable bonds is 5. The van der Waals surface area contributed by atoms with Gasteiger partial charge in [-0.2, -0.15) is 5.10 Å². The number of fused-ring (bicyclic) bond motifs is 1. The maximum atomic E-state index is 13.1. The molecule has 0 saturated carbocycles. The van der Waals surface area contributed by atoms with E-state index in [1.165, 1.54) is 0 Å². The SMILES string of the molecule is CN1CCN(c2nccc(C(=O)Cc3cc4cc(-c5cnn(C)c5)ncc4cn3)c2Cl)CC1. The van der Waals surface area contributed by atoms with Gasteiger partial charge in [-0.05, 0) is 30.6 Å². The third kappa shape index (κ3) is 4.44. The lowest BCUT2D eigenvalue weighted by Crippen LogP contribution is -2.45. The number of pyridine rings is 3. The van der Waals surface area contributed by atoms with Crippen molar-refractivity contribution in [1.82, 2.24) is 29.6 Å². The van der Waals surface area contributed by atoms with E-state index in [1.807, 2.05) is 25.4 Å². The largest absolute Gasteiger partial charge is 0.353 e. The summed E-state index contributed by atoms with van der Waals surface area (Å²) >= 11 is 6.65. The Balaban J connectivity index is 1.39. The summed E-state index contributed by atoms with van der Waals surface area (Å²) in [6.45, 7) is 3.54. The highest BCUT2D eigenvalue weighted by Crippen LogP contribution is 2.29. The zero-order valence-electron chi connectivity index (χ0n) is 18.6. The molecule has 5 heterocycles. The predicted molar refractivity (Wildman–Crippen MR) is 129 cm³/mol. The van der Waals surface area contributed by atoms with Crippen LogP contribution in [0.4, 0.5) is 5.82 Å². The summed E-state index contributed by atoms with van der Waals surface area (Å²) in [7, 11) is 3.97. The maximum absolute atomic E-state index is 13.1. The fourth-order valence-electron chi connectivity index (χ4n) is 4.04. The Morgan fingerprint density at radius 3 is 2.55 bits per heavy atom. The van der Waals surface area contributed by atoms with Gasteiger partial charge in [0.2, 0.25) is 0 Å². The highest BCUT2D eigenvalue weighted by Gasteiger charge is 2.22. The molecule has 0 aliphatic carbocycles. The van der Waals surface area contributed by atoms with Gasteiger partial charge in [0, 0.05) is 80.2 Å². The molecule has 1 aliphatic heterocycles. The van der Waals surface area contributed by atoms with Gasteiger partial charge in [0.05, 0.1) is 23.3 Å². The van der Waals surface area contributed by atoms with Crippen LogP contribution < -0.4 is 4.90 Å². The number of piperazine rings is 1. The predicted octanol–water partition coefficient (Wildman–Crippen LogP) is 3.26. The Morgan fingerprint density at radius 1 is 1.00 bits per heavy atom. The summed E-state index contributed by atoms with van der Waals surface area (Å²) in [6.07, 6.45) is 9.06. The van der Waals surface area contributed by atoms with Crippen molar-refractivity contribution < 1.29 is 4.79 Å². The van der Waals surface area contributed by atoms with E-state index < -0.39 is 0 Å². The average Bonchev–Trinajstić information content (AvgIpc) is 3.25. The van der Waals surface area contributed by atoms with Crippen LogP contribution in [0.15, 0.2) is 49.2 Å². The van der Waals surface area contributed by atoms with Crippen molar-refractivity contribution in [2.75, 3.05) is 38.1 Å². The van der Waals surface area contributed by atoms with Gasteiger partial charge in [-0.3, -0.25) is 19.4 Å². The number of aromatic nitrogens is 5. The molecule has 0 N–H and O–H groups in total. The average molecular weight is 462 g/mol. The van der Waals surface area contributed by atoms with Crippen LogP contribution in [-0.4, -0.2) is 68.6 Å². The highest BCUT2D eigenvalue weighted by molar-refractivity contribution is 6.36. The molecule has 0 spiro atoms. The number of anilines is 1. The van der Waals surface area contributed by atoms with E-state index >= 15 is 0 Å². The Hall–Kier alpha value is -3.36. The second-order valence-corrected chi connectivity index (χ2v) is 8.76. The summed E-state index contributed by atoms with van der Waals surface area (Å²) in [4.78, 5) is 31.0. The molecule has 0 atom stereocenters. The van der Waals surface area contributed by atoms with E-state index in [9.17, 15) is 4.79 Å². The highest BCUT2D eigenvalue weighted by atomic mass is 35.5. The van der Waals surface area contributed by atoms with Crippen LogP contribution in [0.25, 0.3) is 22.0 Å². The van der Waals surface area contributed by atoms with Crippen LogP contribution in [0.3, 0.4) is 0 Å². The second kappa shape index (κ2) is 8.88. The lowest BCUT2D eigenvalue weighted by Gasteiger charge is -2.33. The lowest BCUT2D eigenvalue weighted by molar-refractivity contribution is 0.0992. The molecule has 4 aromatic heterocycles. The van der Waals surface area contributed by atoms with Gasteiger partial charge in [0.1, 0.15) is 5.82 Å². The first kappa shape index (κ1) is 21.5. The van der Waals surface area contributed by atoms with Crippen LogP contribution in [0.5, 0.6) is 0 Å². The number of hydrogen-bond donors (Lipinski definition) is 0. The Labute approximate surface area is 196 Å². The standard InChI is InChI=1S/C24H24ClN7O/c1-30-5-7-32(8-6-30)24-23(25)20(3-4-26-24)22(33)11-19-9-16-10-21(18-14-29-31(2)15-18)28-13-17(16)12-27-19/h3-4,9-10,12-15H,5-8,11H2,1-2H3. The van der Waals surface area contributed by atoms with E-state index in [-0.39, 0.29) is 12.2 Å². The van der Waals surface area contributed by atoms with Gasteiger partial charge in [0.25, 0.3) is 0 Å². The molecular weight excluding hydrogens is 438 g/mol. The number of carbonyl (C=O) groups is 1. The van der Waals surface area contributed by atoms with Crippen molar-refractivity contribution in [2.24, 2.45) is 7.05 Å². The van der Waals surface area contributed by atoms with Crippen LogP contribution in [0.1, 0.15) is 16.1 Å². The number of likely N-dealkylation sites (N-methyl/N-ethyl adjacent to an activating group) is 1. The van der Waals surface area contributed by atoms with Gasteiger partial charge in [0.15, 0.2) is 5.78 Å². The number of carbonyl (C=O) groups excluding carboxylic acids is 1. The number of halogens is 1. The zero-order valence-corrected chi connectivity index (χ0v) is 19.3. The minimum atomic E-state index is -0.0776. The first-order valence-corrected chi connectivity index (χ1v) is 11.2. The van der Waals surface area contributed by atoms with E-state index in [0.29, 0.717) is 22.1 Å². The third-order valence-electron chi connectivity index (χ3n) is 5.98. The third-order valence-corrected chi connectivity index (χ3v) is 6.35. The summed E-state index contributed by atoms with van der Waals surface area (Å²) in [5.74, 6) is 0.598. The number of nitrogens with zero attached hydrogens (tertiary/aromatic N) is 7. The van der Waals surface area contributed by atoms with Gasteiger partial charge in [-0.15, -0.1) is 0 Å². The van der Waals surface area contributed by atoms with Gasteiger partial charge in [-0.25, -0.2) is 4.98 Å². The molecule has 1 saturated heterocycles. The van der Waals surface area contributed by atoms with Crippen molar-refractivity contribution in [1.29, 1.82) is 0 Å². The molecule has 0 bridgehead atoms. The van der Waals surface area contributed by atoms with Crippen molar-refractivity contribution in [3.05, 3.63) is 65.5 Å². The molecule has 5 rings (SSSR count). The van der Waals surface area contributed by atoms with Gasteiger partial charge < -0.3 is 9.80 Å². The molecule has 0 unspecified atom stereocenters. The molecule has 0 radical (unpaired) electrons. The number of hydrogen-bond acceptors (Lipinski definition) is 7. The Kier molecular flexibility index (Phi) is 5.78. The zero-order chi connectivity index (χ0) is 22.9. The second-order valence-electron chi connectivity index (χ2n) is 8.38.